The Bertz CT molecular complexity index is 725. The Balaban J connectivity index is 1.79. The number of thioether (sulfide) groups is 1. The summed E-state index contributed by atoms with van der Waals surface area (Å²) in [6.45, 7) is 0. The predicted molar refractivity (Wildman–Crippen MR) is 87.3 cm³/mol. The first-order valence-electron chi connectivity index (χ1n) is 6.60. The maximum atomic E-state index is 4.33. The molecule has 0 atom stereocenters. The van der Waals surface area contributed by atoms with Gasteiger partial charge in [0.25, 0.3) is 0 Å². The van der Waals surface area contributed by atoms with Gasteiger partial charge in [0.1, 0.15) is 5.82 Å². The van der Waals surface area contributed by atoms with E-state index in [4.69, 9.17) is 0 Å². The first kappa shape index (κ1) is 13.0. The maximum Gasteiger partial charge on any atom is 0.129 e. The summed E-state index contributed by atoms with van der Waals surface area (Å²) in [4.78, 5) is 5.62. The molecule has 0 bridgehead atoms. The molecule has 0 spiro atoms. The molecule has 2 nitrogen and oxygen atoms in total. The minimum Gasteiger partial charge on any atom is -0.373 e. The van der Waals surface area contributed by atoms with Gasteiger partial charge in [0.2, 0.25) is 0 Å². The molecule has 0 saturated heterocycles. The van der Waals surface area contributed by atoms with Crippen LogP contribution in [-0.2, 0) is 5.75 Å². The van der Waals surface area contributed by atoms with Crippen LogP contribution in [0.2, 0.25) is 0 Å². The SMILES string of the molecule is CNc1ncccc1CSc1ccc2ccccc2c1. The van der Waals surface area contributed by atoms with Crippen LogP contribution in [0.3, 0.4) is 0 Å². The highest BCUT2D eigenvalue weighted by atomic mass is 32.2. The summed E-state index contributed by atoms with van der Waals surface area (Å²) in [6.07, 6.45) is 1.82. The lowest BCUT2D eigenvalue weighted by molar-refractivity contribution is 1.22. The molecule has 1 aromatic heterocycles. The van der Waals surface area contributed by atoms with Gasteiger partial charge in [-0.05, 0) is 29.0 Å². The fourth-order valence-corrected chi connectivity index (χ4v) is 3.13. The molecule has 0 aliphatic carbocycles. The van der Waals surface area contributed by atoms with Crippen LogP contribution >= 0.6 is 11.8 Å². The zero-order valence-electron chi connectivity index (χ0n) is 11.3. The summed E-state index contributed by atoms with van der Waals surface area (Å²) < 4.78 is 0. The second-order valence-electron chi connectivity index (χ2n) is 4.56. The summed E-state index contributed by atoms with van der Waals surface area (Å²) in [5.41, 5.74) is 1.23. The number of benzene rings is 2. The molecule has 3 rings (SSSR count). The molecule has 3 heteroatoms. The molecule has 20 heavy (non-hydrogen) atoms. The zero-order chi connectivity index (χ0) is 13.8. The van der Waals surface area contributed by atoms with Crippen LogP contribution in [-0.4, -0.2) is 12.0 Å². The number of anilines is 1. The quantitative estimate of drug-likeness (QED) is 0.709. The molecule has 1 heterocycles. The van der Waals surface area contributed by atoms with E-state index in [0.717, 1.165) is 11.6 Å². The molecule has 100 valence electrons. The van der Waals surface area contributed by atoms with Crippen LogP contribution in [0.5, 0.6) is 0 Å². The second kappa shape index (κ2) is 5.97. The van der Waals surface area contributed by atoms with E-state index >= 15 is 0 Å². The van der Waals surface area contributed by atoms with E-state index < -0.39 is 0 Å². The van der Waals surface area contributed by atoms with Crippen LogP contribution in [0.4, 0.5) is 5.82 Å². The van der Waals surface area contributed by atoms with Crippen molar-refractivity contribution in [1.29, 1.82) is 0 Å². The monoisotopic (exact) mass is 280 g/mol. The molecule has 3 aromatic rings. The molecule has 1 N–H and O–H groups in total. The fraction of sp³-hybridized carbons (Fsp3) is 0.118. The third-order valence-corrected chi connectivity index (χ3v) is 4.29. The normalized spacial score (nSPS) is 10.7. The average Bonchev–Trinajstić information content (AvgIpc) is 2.53. The highest BCUT2D eigenvalue weighted by molar-refractivity contribution is 7.98. The van der Waals surface area contributed by atoms with Gasteiger partial charge >= 0.3 is 0 Å². The molecular weight excluding hydrogens is 264 g/mol. The average molecular weight is 280 g/mol. The molecule has 2 aromatic carbocycles. The first-order valence-corrected chi connectivity index (χ1v) is 7.58. The van der Waals surface area contributed by atoms with E-state index in [1.54, 1.807) is 0 Å². The van der Waals surface area contributed by atoms with Crippen LogP contribution < -0.4 is 5.32 Å². The molecule has 0 radical (unpaired) electrons. The summed E-state index contributed by atoms with van der Waals surface area (Å²) in [5.74, 6) is 1.88. The van der Waals surface area contributed by atoms with Crippen LogP contribution in [0, 0.1) is 0 Å². The minimum atomic E-state index is 0.919. The van der Waals surface area contributed by atoms with Crippen molar-refractivity contribution in [2.24, 2.45) is 0 Å². The minimum absolute atomic E-state index is 0.919. The van der Waals surface area contributed by atoms with E-state index in [1.807, 2.05) is 31.1 Å². The maximum absolute atomic E-state index is 4.33. The molecule has 0 fully saturated rings. The highest BCUT2D eigenvalue weighted by Crippen LogP contribution is 2.28. The van der Waals surface area contributed by atoms with Crippen molar-refractivity contribution in [3.05, 3.63) is 66.4 Å². The summed E-state index contributed by atoms with van der Waals surface area (Å²) >= 11 is 1.84. The van der Waals surface area contributed by atoms with Gasteiger partial charge in [-0.1, -0.05) is 36.4 Å². The van der Waals surface area contributed by atoms with Gasteiger partial charge in [0.05, 0.1) is 0 Å². The first-order chi connectivity index (χ1) is 9.86. The van der Waals surface area contributed by atoms with Crippen LogP contribution in [0.15, 0.2) is 65.7 Å². The van der Waals surface area contributed by atoms with Gasteiger partial charge < -0.3 is 5.32 Å². The number of nitrogens with one attached hydrogen (secondary N) is 1. The van der Waals surface area contributed by atoms with E-state index in [9.17, 15) is 0 Å². The van der Waals surface area contributed by atoms with Crippen molar-refractivity contribution in [2.45, 2.75) is 10.6 Å². The summed E-state index contributed by atoms with van der Waals surface area (Å²) in [5, 5.41) is 5.71. The molecule has 0 amide bonds. The zero-order valence-corrected chi connectivity index (χ0v) is 12.2. The molecule has 0 saturated carbocycles. The Hall–Kier alpha value is -2.00. The van der Waals surface area contributed by atoms with Crippen molar-refractivity contribution < 1.29 is 0 Å². The third kappa shape index (κ3) is 2.78. The Kier molecular flexibility index (Phi) is 3.88. The summed E-state index contributed by atoms with van der Waals surface area (Å²) in [6, 6.07) is 19.2. The number of rotatable bonds is 4. The van der Waals surface area contributed by atoms with E-state index in [0.29, 0.717) is 0 Å². The van der Waals surface area contributed by atoms with E-state index in [2.05, 4.69) is 58.8 Å². The van der Waals surface area contributed by atoms with Gasteiger partial charge in [-0.15, -0.1) is 11.8 Å². The Morgan fingerprint density at radius 2 is 1.85 bits per heavy atom. The Morgan fingerprint density at radius 3 is 2.70 bits per heavy atom. The lowest BCUT2D eigenvalue weighted by Gasteiger charge is -2.08. The number of hydrogen-bond donors (Lipinski definition) is 1. The lowest BCUT2D eigenvalue weighted by atomic mass is 10.1. The number of hydrogen-bond acceptors (Lipinski definition) is 3. The Labute approximate surface area is 123 Å². The number of fused-ring (bicyclic) bond motifs is 1. The van der Waals surface area contributed by atoms with Crippen molar-refractivity contribution >= 4 is 28.4 Å². The highest BCUT2D eigenvalue weighted by Gasteiger charge is 2.03. The molecule has 0 aliphatic heterocycles. The van der Waals surface area contributed by atoms with Crippen LogP contribution in [0.1, 0.15) is 5.56 Å². The van der Waals surface area contributed by atoms with Gasteiger partial charge in [0.15, 0.2) is 0 Å². The third-order valence-electron chi connectivity index (χ3n) is 3.24. The summed E-state index contributed by atoms with van der Waals surface area (Å²) in [7, 11) is 1.91. The van der Waals surface area contributed by atoms with E-state index in [1.165, 1.54) is 21.2 Å². The molecule has 0 unspecified atom stereocenters. The largest absolute Gasteiger partial charge is 0.373 e. The number of nitrogens with zero attached hydrogens (tertiary/aromatic N) is 1. The van der Waals surface area contributed by atoms with Crippen molar-refractivity contribution in [2.75, 3.05) is 12.4 Å². The topological polar surface area (TPSA) is 24.9 Å². The lowest BCUT2D eigenvalue weighted by Crippen LogP contribution is -1.96. The van der Waals surface area contributed by atoms with Gasteiger partial charge in [-0.2, -0.15) is 0 Å². The van der Waals surface area contributed by atoms with Crippen molar-refractivity contribution in [3.63, 3.8) is 0 Å². The van der Waals surface area contributed by atoms with Gasteiger partial charge in [-0.3, -0.25) is 0 Å². The molecule has 0 aliphatic rings. The predicted octanol–water partition coefficient (Wildman–Crippen LogP) is 4.57. The second-order valence-corrected chi connectivity index (χ2v) is 5.61. The van der Waals surface area contributed by atoms with Crippen molar-refractivity contribution in [1.82, 2.24) is 4.98 Å². The smallest absolute Gasteiger partial charge is 0.129 e. The van der Waals surface area contributed by atoms with E-state index in [-0.39, 0.29) is 0 Å². The Morgan fingerprint density at radius 1 is 1.00 bits per heavy atom. The van der Waals surface area contributed by atoms with Crippen LogP contribution in [0.25, 0.3) is 10.8 Å². The van der Waals surface area contributed by atoms with Crippen molar-refractivity contribution in [3.8, 4) is 0 Å². The number of aromatic nitrogens is 1. The van der Waals surface area contributed by atoms with Gasteiger partial charge in [0, 0.05) is 29.5 Å². The standard InChI is InChI=1S/C17H16N2S/c1-18-17-15(7-4-10-19-17)12-20-16-9-8-13-5-2-3-6-14(13)11-16/h2-11H,12H2,1H3,(H,18,19). The number of pyridine rings is 1. The molecular formula is C17H16N2S. The van der Waals surface area contributed by atoms with Gasteiger partial charge in [-0.25, -0.2) is 4.98 Å². The fourth-order valence-electron chi connectivity index (χ4n) is 2.20.